The molecule has 0 aliphatic carbocycles. The zero-order chi connectivity index (χ0) is 9.61. The van der Waals surface area contributed by atoms with Crippen LogP contribution in [0.15, 0.2) is 0 Å². The summed E-state index contributed by atoms with van der Waals surface area (Å²) >= 11 is 4.27. The van der Waals surface area contributed by atoms with E-state index >= 15 is 0 Å². The van der Waals surface area contributed by atoms with Crippen molar-refractivity contribution in [2.75, 3.05) is 6.54 Å². The summed E-state index contributed by atoms with van der Waals surface area (Å²) in [4.78, 5) is 20.8. The number of hydrogen-bond acceptors (Lipinski definition) is 3. The average Bonchev–Trinajstić information content (AvgIpc) is 1.95. The minimum atomic E-state index is -0.126. The predicted molar refractivity (Wildman–Crippen MR) is 51.4 cm³/mol. The molecule has 1 N–H and O–H groups in total. The van der Waals surface area contributed by atoms with Crippen molar-refractivity contribution in [1.82, 2.24) is 5.32 Å². The van der Waals surface area contributed by atoms with Gasteiger partial charge in [0, 0.05) is 11.2 Å². The molecule has 0 radical (unpaired) electrons. The Labute approximate surface area is 78.3 Å². The van der Waals surface area contributed by atoms with Crippen LogP contribution in [0, 0.1) is 0 Å². The lowest BCUT2D eigenvalue weighted by Gasteiger charge is -2.15. The van der Waals surface area contributed by atoms with Crippen molar-refractivity contribution in [2.24, 2.45) is 0 Å². The molecule has 0 rings (SSSR count). The number of aldehydes is 1. The maximum atomic E-state index is 10.9. The number of carbonyl (C=O) groups excluding carboxylic acids is 2. The van der Waals surface area contributed by atoms with E-state index < -0.39 is 0 Å². The van der Waals surface area contributed by atoms with E-state index in [4.69, 9.17) is 0 Å². The van der Waals surface area contributed by atoms with Gasteiger partial charge >= 0.3 is 0 Å². The largest absolute Gasteiger partial charge is 0.349 e. The molecule has 0 spiro atoms. The zero-order valence-corrected chi connectivity index (χ0v) is 8.36. The summed E-state index contributed by atoms with van der Waals surface area (Å²) in [7, 11) is 0. The topological polar surface area (TPSA) is 46.2 Å². The van der Waals surface area contributed by atoms with E-state index in [1.165, 1.54) is 0 Å². The smallest absolute Gasteiger partial charge is 0.220 e. The SMILES string of the molecule is CC(C)(S)CCC(=O)NCC=O. The molecule has 0 aromatic rings. The molecule has 12 heavy (non-hydrogen) atoms. The Morgan fingerprint density at radius 3 is 2.58 bits per heavy atom. The number of rotatable bonds is 5. The van der Waals surface area contributed by atoms with Crippen molar-refractivity contribution in [2.45, 2.75) is 31.4 Å². The van der Waals surface area contributed by atoms with Crippen molar-refractivity contribution in [1.29, 1.82) is 0 Å². The van der Waals surface area contributed by atoms with Gasteiger partial charge in [-0.2, -0.15) is 12.6 Å². The number of thiol groups is 1. The van der Waals surface area contributed by atoms with E-state index in [1.807, 2.05) is 13.8 Å². The van der Waals surface area contributed by atoms with E-state index in [-0.39, 0.29) is 17.2 Å². The lowest BCUT2D eigenvalue weighted by Crippen LogP contribution is -2.26. The molecule has 0 unspecified atom stereocenters. The standard InChI is InChI=1S/C8H15NO2S/c1-8(2,12)4-3-7(11)9-5-6-10/h6,12H,3-5H2,1-2H3,(H,9,11). The van der Waals surface area contributed by atoms with Gasteiger partial charge in [-0.25, -0.2) is 0 Å². The summed E-state index contributed by atoms with van der Waals surface area (Å²) < 4.78 is -0.126. The Morgan fingerprint density at radius 2 is 2.17 bits per heavy atom. The first-order chi connectivity index (χ1) is 5.45. The lowest BCUT2D eigenvalue weighted by atomic mass is 10.1. The van der Waals surface area contributed by atoms with Gasteiger partial charge in [-0.15, -0.1) is 0 Å². The molecule has 0 aromatic carbocycles. The molecule has 0 aliphatic heterocycles. The second kappa shape index (κ2) is 5.19. The van der Waals surface area contributed by atoms with Crippen LogP contribution >= 0.6 is 12.6 Å². The molecular formula is C8H15NO2S. The van der Waals surface area contributed by atoms with E-state index in [9.17, 15) is 9.59 Å². The van der Waals surface area contributed by atoms with Crippen molar-refractivity contribution < 1.29 is 9.59 Å². The fourth-order valence-corrected chi connectivity index (χ4v) is 0.775. The summed E-state index contributed by atoms with van der Waals surface area (Å²) in [6.07, 6.45) is 1.80. The third kappa shape index (κ3) is 7.60. The van der Waals surface area contributed by atoms with Gasteiger partial charge in [0.15, 0.2) is 0 Å². The normalized spacial score (nSPS) is 10.9. The molecule has 0 aliphatic rings. The van der Waals surface area contributed by atoms with E-state index in [0.29, 0.717) is 19.1 Å². The maximum absolute atomic E-state index is 10.9. The van der Waals surface area contributed by atoms with Gasteiger partial charge in [-0.3, -0.25) is 4.79 Å². The fraction of sp³-hybridized carbons (Fsp3) is 0.750. The maximum Gasteiger partial charge on any atom is 0.220 e. The Balaban J connectivity index is 3.51. The van der Waals surface area contributed by atoms with Crippen molar-refractivity contribution in [3.05, 3.63) is 0 Å². The molecule has 0 saturated heterocycles. The van der Waals surface area contributed by atoms with Crippen LogP contribution in [0.1, 0.15) is 26.7 Å². The summed E-state index contributed by atoms with van der Waals surface area (Å²) in [5.41, 5.74) is 0. The van der Waals surface area contributed by atoms with Crippen LogP contribution in [0.5, 0.6) is 0 Å². The van der Waals surface area contributed by atoms with Crippen LogP contribution in [0.25, 0.3) is 0 Å². The van der Waals surface area contributed by atoms with Crippen molar-refractivity contribution in [3.63, 3.8) is 0 Å². The first-order valence-electron chi connectivity index (χ1n) is 3.88. The first kappa shape index (κ1) is 11.5. The number of hydrogen-bond donors (Lipinski definition) is 2. The minimum Gasteiger partial charge on any atom is -0.349 e. The highest BCUT2D eigenvalue weighted by Crippen LogP contribution is 2.18. The van der Waals surface area contributed by atoms with Gasteiger partial charge < -0.3 is 10.1 Å². The summed E-state index contributed by atoms with van der Waals surface area (Å²) in [6.45, 7) is 4.00. The van der Waals surface area contributed by atoms with Gasteiger partial charge in [-0.1, -0.05) is 13.8 Å². The molecule has 4 heteroatoms. The van der Waals surface area contributed by atoms with Crippen LogP contribution in [-0.2, 0) is 9.59 Å². The number of amides is 1. The highest BCUT2D eigenvalue weighted by Gasteiger charge is 2.13. The molecule has 3 nitrogen and oxygen atoms in total. The van der Waals surface area contributed by atoms with Gasteiger partial charge in [0.1, 0.15) is 6.29 Å². The predicted octanol–water partition coefficient (Wildman–Crippen LogP) is 0.790. The Bertz CT molecular complexity index is 163. The lowest BCUT2D eigenvalue weighted by molar-refractivity contribution is -0.122. The average molecular weight is 189 g/mol. The Hall–Kier alpha value is -0.510. The minimum absolute atomic E-state index is 0.0933. The number of carbonyl (C=O) groups is 2. The van der Waals surface area contributed by atoms with E-state index in [2.05, 4.69) is 17.9 Å². The third-order valence-corrected chi connectivity index (χ3v) is 1.57. The van der Waals surface area contributed by atoms with Gasteiger partial charge in [0.05, 0.1) is 6.54 Å². The molecule has 0 fully saturated rings. The van der Waals surface area contributed by atoms with Crippen molar-refractivity contribution >= 4 is 24.8 Å². The summed E-state index contributed by atoms with van der Waals surface area (Å²) in [6, 6.07) is 0. The Morgan fingerprint density at radius 1 is 1.58 bits per heavy atom. The van der Waals surface area contributed by atoms with Crippen LogP contribution < -0.4 is 5.32 Å². The third-order valence-electron chi connectivity index (χ3n) is 1.35. The van der Waals surface area contributed by atoms with E-state index in [0.717, 1.165) is 0 Å². The monoisotopic (exact) mass is 189 g/mol. The quantitative estimate of drug-likeness (QED) is 0.496. The van der Waals surface area contributed by atoms with Crippen LogP contribution in [0.3, 0.4) is 0 Å². The highest BCUT2D eigenvalue weighted by molar-refractivity contribution is 7.81. The molecule has 0 heterocycles. The van der Waals surface area contributed by atoms with Gasteiger partial charge in [0.2, 0.25) is 5.91 Å². The first-order valence-corrected chi connectivity index (χ1v) is 4.33. The molecule has 0 atom stereocenters. The van der Waals surface area contributed by atoms with Gasteiger partial charge in [-0.05, 0) is 6.42 Å². The van der Waals surface area contributed by atoms with Crippen molar-refractivity contribution in [3.8, 4) is 0 Å². The molecular weight excluding hydrogens is 174 g/mol. The summed E-state index contributed by atoms with van der Waals surface area (Å²) in [5.74, 6) is -0.0933. The molecule has 0 bridgehead atoms. The second-order valence-corrected chi connectivity index (χ2v) is 4.49. The van der Waals surface area contributed by atoms with Gasteiger partial charge in [0.25, 0.3) is 0 Å². The Kier molecular flexibility index (Phi) is 4.97. The molecule has 0 saturated carbocycles. The van der Waals surface area contributed by atoms with Crippen LogP contribution in [0.4, 0.5) is 0 Å². The van der Waals surface area contributed by atoms with E-state index in [1.54, 1.807) is 0 Å². The number of nitrogens with one attached hydrogen (secondary N) is 1. The fourth-order valence-electron chi connectivity index (χ4n) is 0.663. The molecule has 1 amide bonds. The highest BCUT2D eigenvalue weighted by atomic mass is 32.1. The van der Waals surface area contributed by atoms with Crippen LogP contribution in [-0.4, -0.2) is 23.5 Å². The molecule has 70 valence electrons. The second-order valence-electron chi connectivity index (χ2n) is 3.28. The zero-order valence-electron chi connectivity index (χ0n) is 7.46. The summed E-state index contributed by atoms with van der Waals surface area (Å²) in [5, 5.41) is 2.46. The molecule has 0 aromatic heterocycles. The van der Waals surface area contributed by atoms with Crippen LogP contribution in [0.2, 0.25) is 0 Å².